The number of imidazole rings is 1. The van der Waals surface area contributed by atoms with E-state index in [2.05, 4.69) is 50.4 Å². The zero-order valence-electron chi connectivity index (χ0n) is 21.4. The fourth-order valence-electron chi connectivity index (χ4n) is 5.27. The summed E-state index contributed by atoms with van der Waals surface area (Å²) >= 11 is 0. The molecule has 1 fully saturated rings. The van der Waals surface area contributed by atoms with Crippen LogP contribution in [0.1, 0.15) is 29.8 Å². The maximum absolute atomic E-state index is 4.95. The van der Waals surface area contributed by atoms with Gasteiger partial charge in [0.15, 0.2) is 17.1 Å². The fraction of sp³-hybridized carbons (Fsp3) is 0.241. The molecule has 0 unspecified atom stereocenters. The number of pyridine rings is 2. The molecule has 6 aromatic rings. The quantitative estimate of drug-likeness (QED) is 0.335. The van der Waals surface area contributed by atoms with Crippen LogP contribution in [0.4, 0.5) is 0 Å². The third-order valence-corrected chi connectivity index (χ3v) is 7.22. The summed E-state index contributed by atoms with van der Waals surface area (Å²) in [5.41, 5.74) is 8.66. The van der Waals surface area contributed by atoms with Crippen molar-refractivity contribution in [1.82, 2.24) is 44.5 Å². The number of rotatable bonds is 5. The highest BCUT2D eigenvalue weighted by Gasteiger charge is 2.16. The number of likely N-dealkylation sites (tertiary alicyclic amines) is 1. The first-order chi connectivity index (χ1) is 18.6. The number of benzene rings is 1. The second kappa shape index (κ2) is 9.11. The highest BCUT2D eigenvalue weighted by Crippen LogP contribution is 2.30. The Kier molecular flexibility index (Phi) is 5.44. The monoisotopic (exact) mass is 501 g/mol. The van der Waals surface area contributed by atoms with Gasteiger partial charge in [-0.25, -0.2) is 19.5 Å². The second-order valence-electron chi connectivity index (χ2n) is 9.91. The number of hydrogen-bond acceptors (Lipinski definition) is 7. The molecule has 0 radical (unpaired) electrons. The first-order valence-electron chi connectivity index (χ1n) is 12.9. The average Bonchev–Trinajstić information content (AvgIpc) is 3.70. The summed E-state index contributed by atoms with van der Waals surface area (Å²) in [4.78, 5) is 17.9. The molecule has 1 aliphatic rings. The van der Waals surface area contributed by atoms with E-state index < -0.39 is 0 Å². The normalized spacial score (nSPS) is 14.2. The molecule has 9 heteroatoms. The smallest absolute Gasteiger partial charge is 0.176 e. The van der Waals surface area contributed by atoms with Gasteiger partial charge in [0, 0.05) is 29.3 Å². The number of fused-ring (bicyclic) bond motifs is 2. The minimum atomic E-state index is 0.618. The summed E-state index contributed by atoms with van der Waals surface area (Å²) in [6.07, 6.45) is 7.96. The number of nitrogens with zero attached hydrogens (tertiary/aromatic N) is 9. The maximum Gasteiger partial charge on any atom is 0.176 e. The summed E-state index contributed by atoms with van der Waals surface area (Å²) < 4.78 is 1.90. The molecule has 38 heavy (non-hydrogen) atoms. The topological polar surface area (TPSA) is 89.9 Å². The van der Waals surface area contributed by atoms with Crippen LogP contribution in [0.3, 0.4) is 0 Å². The highest BCUT2D eigenvalue weighted by atomic mass is 15.5. The molecular weight excluding hydrogens is 474 g/mol. The average molecular weight is 502 g/mol. The van der Waals surface area contributed by atoms with Gasteiger partial charge in [0.25, 0.3) is 0 Å². The van der Waals surface area contributed by atoms with E-state index in [1.165, 1.54) is 36.3 Å². The third kappa shape index (κ3) is 4.01. The lowest BCUT2D eigenvalue weighted by Crippen LogP contribution is -2.18. The highest BCUT2D eigenvalue weighted by molar-refractivity contribution is 5.92. The van der Waals surface area contributed by atoms with Crippen LogP contribution in [0, 0.1) is 13.8 Å². The molecule has 0 spiro atoms. The van der Waals surface area contributed by atoms with Gasteiger partial charge < -0.3 is 0 Å². The fourth-order valence-corrected chi connectivity index (χ4v) is 5.27. The number of aromatic nitrogens is 8. The molecule has 0 saturated carbocycles. The minimum Gasteiger partial charge on any atom is -0.299 e. The van der Waals surface area contributed by atoms with Gasteiger partial charge in [0.2, 0.25) is 0 Å². The summed E-state index contributed by atoms with van der Waals surface area (Å²) in [5.74, 6) is 0.624. The summed E-state index contributed by atoms with van der Waals surface area (Å²) in [6, 6.07) is 16.9. The molecule has 0 aliphatic carbocycles. The van der Waals surface area contributed by atoms with Crippen LogP contribution in [-0.4, -0.2) is 57.5 Å². The van der Waals surface area contributed by atoms with Crippen molar-refractivity contribution in [2.75, 3.05) is 13.1 Å². The lowest BCUT2D eigenvalue weighted by molar-refractivity contribution is 0.331. The Balaban J connectivity index is 1.24. The standard InChI is InChI=1S/C29H27N9/c1-19-16-32-38(34-19)27-10-9-24-23(11-12-30-29(24)33-27)26-17-31-28-15-25(20(2)35-37(26)28)22-7-5-21(6-8-22)18-36-13-3-4-14-36/h5-12,15-17H,3-4,13-14,18H2,1-2H3. The van der Waals surface area contributed by atoms with Crippen LogP contribution in [0.15, 0.2) is 67.1 Å². The second-order valence-corrected chi connectivity index (χ2v) is 9.91. The van der Waals surface area contributed by atoms with Gasteiger partial charge >= 0.3 is 0 Å². The molecule has 1 aromatic carbocycles. The van der Waals surface area contributed by atoms with E-state index >= 15 is 0 Å². The van der Waals surface area contributed by atoms with Gasteiger partial charge in [-0.1, -0.05) is 24.3 Å². The molecule has 7 rings (SSSR count). The van der Waals surface area contributed by atoms with Crippen molar-refractivity contribution in [3.05, 3.63) is 84.1 Å². The number of aryl methyl sites for hydroxylation is 2. The molecule has 0 amide bonds. The molecule has 0 bridgehead atoms. The van der Waals surface area contributed by atoms with Crippen LogP contribution in [0.5, 0.6) is 0 Å². The van der Waals surface area contributed by atoms with Crippen LogP contribution < -0.4 is 0 Å². The summed E-state index contributed by atoms with van der Waals surface area (Å²) in [7, 11) is 0. The van der Waals surface area contributed by atoms with Crippen molar-refractivity contribution in [1.29, 1.82) is 0 Å². The van der Waals surface area contributed by atoms with Crippen molar-refractivity contribution in [3.63, 3.8) is 0 Å². The van der Waals surface area contributed by atoms with Crippen molar-refractivity contribution in [2.45, 2.75) is 33.2 Å². The van der Waals surface area contributed by atoms with Crippen LogP contribution in [0.2, 0.25) is 0 Å². The lowest BCUT2D eigenvalue weighted by atomic mass is 10.0. The van der Waals surface area contributed by atoms with Crippen molar-refractivity contribution in [2.24, 2.45) is 0 Å². The molecule has 0 N–H and O–H groups in total. The Labute approximate surface area is 219 Å². The first kappa shape index (κ1) is 22.7. The van der Waals surface area contributed by atoms with Crippen LogP contribution in [-0.2, 0) is 6.54 Å². The van der Waals surface area contributed by atoms with Gasteiger partial charge in [-0.15, -0.1) is 4.80 Å². The van der Waals surface area contributed by atoms with Gasteiger partial charge in [-0.3, -0.25) is 4.90 Å². The molecule has 188 valence electrons. The summed E-state index contributed by atoms with van der Waals surface area (Å²) in [6.45, 7) is 7.38. The predicted octanol–water partition coefficient (Wildman–Crippen LogP) is 4.80. The lowest BCUT2D eigenvalue weighted by Gasteiger charge is -2.15. The first-order valence-corrected chi connectivity index (χ1v) is 12.9. The van der Waals surface area contributed by atoms with E-state index in [1.807, 2.05) is 42.8 Å². The third-order valence-electron chi connectivity index (χ3n) is 7.22. The maximum atomic E-state index is 4.95. The van der Waals surface area contributed by atoms with E-state index in [1.54, 1.807) is 12.4 Å². The van der Waals surface area contributed by atoms with Crippen molar-refractivity contribution in [3.8, 4) is 28.2 Å². The van der Waals surface area contributed by atoms with E-state index in [0.717, 1.165) is 51.4 Å². The SMILES string of the molecule is Cc1cnn(-c2ccc3c(-c4cnc5cc(-c6ccc(CN7CCCC7)cc6)c(C)nn45)ccnc3n2)n1. The minimum absolute atomic E-state index is 0.618. The largest absolute Gasteiger partial charge is 0.299 e. The zero-order valence-corrected chi connectivity index (χ0v) is 21.4. The molecule has 1 saturated heterocycles. The molecular formula is C29H27N9. The van der Waals surface area contributed by atoms with Gasteiger partial charge in [0.1, 0.15) is 0 Å². The summed E-state index contributed by atoms with van der Waals surface area (Å²) in [5, 5.41) is 14.5. The molecule has 9 nitrogen and oxygen atoms in total. The molecule has 1 aliphatic heterocycles. The Morgan fingerprint density at radius 1 is 0.842 bits per heavy atom. The van der Waals surface area contributed by atoms with Crippen molar-refractivity contribution >= 4 is 16.7 Å². The number of hydrogen-bond donors (Lipinski definition) is 0. The predicted molar refractivity (Wildman–Crippen MR) is 146 cm³/mol. The van der Waals surface area contributed by atoms with Crippen LogP contribution >= 0.6 is 0 Å². The van der Waals surface area contributed by atoms with E-state index in [0.29, 0.717) is 11.5 Å². The Bertz CT molecular complexity index is 1780. The Morgan fingerprint density at radius 3 is 2.47 bits per heavy atom. The van der Waals surface area contributed by atoms with Gasteiger partial charge in [-0.05, 0) is 75.2 Å². The van der Waals surface area contributed by atoms with Gasteiger partial charge in [0.05, 0.1) is 29.5 Å². The molecule has 0 atom stereocenters. The van der Waals surface area contributed by atoms with E-state index in [9.17, 15) is 0 Å². The van der Waals surface area contributed by atoms with Crippen molar-refractivity contribution < 1.29 is 0 Å². The van der Waals surface area contributed by atoms with E-state index in [4.69, 9.17) is 15.1 Å². The Hall–Kier alpha value is -4.50. The van der Waals surface area contributed by atoms with E-state index in [-0.39, 0.29) is 0 Å². The molecule has 5 aromatic heterocycles. The van der Waals surface area contributed by atoms with Crippen LogP contribution in [0.25, 0.3) is 44.9 Å². The van der Waals surface area contributed by atoms with Gasteiger partial charge in [-0.2, -0.15) is 15.3 Å². The zero-order chi connectivity index (χ0) is 25.6. The molecule has 6 heterocycles. The Morgan fingerprint density at radius 2 is 1.68 bits per heavy atom.